The highest BCUT2D eigenvalue weighted by atomic mass is 35.5. The number of hydrogen-bond acceptors (Lipinski definition) is 2. The molecule has 2 atom stereocenters. The number of nitrogens with zero attached hydrogens (tertiary/aromatic N) is 1. The van der Waals surface area contributed by atoms with Gasteiger partial charge in [0, 0.05) is 31.2 Å². The molecule has 1 saturated heterocycles. The third kappa shape index (κ3) is 2.98. The number of hydrogen-bond donors (Lipinski definition) is 1. The lowest BCUT2D eigenvalue weighted by Crippen LogP contribution is -2.55. The molecule has 0 amide bonds. The first kappa shape index (κ1) is 13.5. The van der Waals surface area contributed by atoms with Gasteiger partial charge in [0.1, 0.15) is 0 Å². The first-order valence-corrected chi connectivity index (χ1v) is 4.77. The Morgan fingerprint density at radius 1 is 1.00 bits per heavy atom. The van der Waals surface area contributed by atoms with Gasteiger partial charge in [-0.15, -0.1) is 24.8 Å². The average molecular weight is 227 g/mol. The van der Waals surface area contributed by atoms with Gasteiger partial charge in [-0.25, -0.2) is 0 Å². The molecule has 1 N–H and O–H groups in total. The molecular weight excluding hydrogens is 207 g/mol. The van der Waals surface area contributed by atoms with Crippen LogP contribution in [-0.2, 0) is 0 Å². The predicted octanol–water partition coefficient (Wildman–Crippen LogP) is 1.67. The molecule has 2 aliphatic rings. The summed E-state index contributed by atoms with van der Waals surface area (Å²) in [6.07, 6.45) is 2.88. The van der Waals surface area contributed by atoms with Crippen LogP contribution in [0.15, 0.2) is 0 Å². The van der Waals surface area contributed by atoms with Crippen molar-refractivity contribution >= 4 is 24.8 Å². The summed E-state index contributed by atoms with van der Waals surface area (Å²) in [5, 5.41) is 3.46. The molecule has 2 rings (SSSR count). The average Bonchev–Trinajstić information content (AvgIpc) is 2.70. The Hall–Kier alpha value is 0.500. The first-order valence-electron chi connectivity index (χ1n) is 4.77. The largest absolute Gasteiger partial charge is 0.314 e. The van der Waals surface area contributed by atoms with Gasteiger partial charge in [-0.2, -0.15) is 0 Å². The van der Waals surface area contributed by atoms with Crippen molar-refractivity contribution in [1.82, 2.24) is 10.2 Å². The van der Waals surface area contributed by atoms with E-state index in [0.29, 0.717) is 0 Å². The molecular formula is C9H20Cl2N2. The lowest BCUT2D eigenvalue weighted by Gasteiger charge is -2.39. The van der Waals surface area contributed by atoms with Gasteiger partial charge in [0.15, 0.2) is 0 Å². The van der Waals surface area contributed by atoms with Crippen LogP contribution in [0, 0.1) is 0 Å². The van der Waals surface area contributed by atoms with Crippen LogP contribution >= 0.6 is 24.8 Å². The van der Waals surface area contributed by atoms with Gasteiger partial charge in [0.2, 0.25) is 0 Å². The maximum Gasteiger partial charge on any atom is 0.0198 e. The minimum Gasteiger partial charge on any atom is -0.314 e. The lowest BCUT2D eigenvalue weighted by atomic mass is 10.1. The number of halogens is 2. The van der Waals surface area contributed by atoms with Crippen LogP contribution in [0.4, 0.5) is 0 Å². The van der Waals surface area contributed by atoms with Crippen LogP contribution in [0.1, 0.15) is 26.7 Å². The van der Waals surface area contributed by atoms with Crippen molar-refractivity contribution in [3.8, 4) is 0 Å². The lowest BCUT2D eigenvalue weighted by molar-refractivity contribution is 0.108. The van der Waals surface area contributed by atoms with Gasteiger partial charge in [0.05, 0.1) is 0 Å². The molecule has 0 spiro atoms. The minimum atomic E-state index is 0. The van der Waals surface area contributed by atoms with Crippen LogP contribution in [0.3, 0.4) is 0 Å². The monoisotopic (exact) mass is 226 g/mol. The van der Waals surface area contributed by atoms with Gasteiger partial charge in [-0.05, 0) is 26.7 Å². The second kappa shape index (κ2) is 5.40. The van der Waals surface area contributed by atoms with E-state index in [2.05, 4.69) is 24.1 Å². The summed E-state index contributed by atoms with van der Waals surface area (Å²) in [6, 6.07) is 2.44. The summed E-state index contributed by atoms with van der Waals surface area (Å²) in [6.45, 7) is 7.03. The normalized spacial score (nSPS) is 34.6. The highest BCUT2D eigenvalue weighted by Gasteiger charge is 2.36. The number of piperazine rings is 1. The van der Waals surface area contributed by atoms with E-state index in [9.17, 15) is 0 Å². The standard InChI is InChI=1S/C9H18N2.2ClH/c1-7-5-10-6-8(2)11(7)9-3-4-9;;/h7-10H,3-6H2,1-2H3;2*1H. The fraction of sp³-hybridized carbons (Fsp3) is 1.00. The maximum atomic E-state index is 3.46. The predicted molar refractivity (Wildman–Crippen MR) is 61.2 cm³/mol. The smallest absolute Gasteiger partial charge is 0.0198 e. The Balaban J connectivity index is 0.000000720. The fourth-order valence-corrected chi connectivity index (χ4v) is 2.24. The van der Waals surface area contributed by atoms with Gasteiger partial charge < -0.3 is 5.32 Å². The Morgan fingerprint density at radius 2 is 1.46 bits per heavy atom. The van der Waals surface area contributed by atoms with E-state index in [0.717, 1.165) is 18.1 Å². The molecule has 2 fully saturated rings. The Bertz CT molecular complexity index is 141. The number of nitrogens with one attached hydrogen (secondary N) is 1. The molecule has 0 radical (unpaired) electrons. The van der Waals surface area contributed by atoms with Gasteiger partial charge in [-0.3, -0.25) is 4.90 Å². The number of rotatable bonds is 1. The van der Waals surface area contributed by atoms with Crippen molar-refractivity contribution in [1.29, 1.82) is 0 Å². The van der Waals surface area contributed by atoms with E-state index in [1.54, 1.807) is 0 Å². The van der Waals surface area contributed by atoms with E-state index < -0.39 is 0 Å². The second-order valence-electron chi connectivity index (χ2n) is 4.03. The summed E-state index contributed by atoms with van der Waals surface area (Å²) < 4.78 is 0. The van der Waals surface area contributed by atoms with E-state index in [1.807, 2.05) is 0 Å². The van der Waals surface area contributed by atoms with E-state index in [4.69, 9.17) is 0 Å². The van der Waals surface area contributed by atoms with Crippen molar-refractivity contribution < 1.29 is 0 Å². The third-order valence-corrected chi connectivity index (χ3v) is 2.87. The van der Waals surface area contributed by atoms with Crippen molar-refractivity contribution in [2.45, 2.75) is 44.8 Å². The van der Waals surface area contributed by atoms with Crippen LogP contribution < -0.4 is 5.32 Å². The SMILES string of the molecule is CC1CNCC(C)N1C1CC1.Cl.Cl. The summed E-state index contributed by atoms with van der Waals surface area (Å²) >= 11 is 0. The zero-order valence-electron chi connectivity index (χ0n) is 8.32. The van der Waals surface area contributed by atoms with Crippen molar-refractivity contribution in [3.63, 3.8) is 0 Å². The first-order chi connectivity index (χ1) is 5.29. The zero-order chi connectivity index (χ0) is 7.84. The van der Waals surface area contributed by atoms with Crippen LogP contribution in [0.2, 0.25) is 0 Å². The van der Waals surface area contributed by atoms with Crippen LogP contribution in [-0.4, -0.2) is 36.1 Å². The van der Waals surface area contributed by atoms with Crippen LogP contribution in [0.25, 0.3) is 0 Å². The molecule has 2 nitrogen and oxygen atoms in total. The summed E-state index contributed by atoms with van der Waals surface area (Å²) in [5.74, 6) is 0. The zero-order valence-corrected chi connectivity index (χ0v) is 9.96. The maximum absolute atomic E-state index is 3.46. The molecule has 13 heavy (non-hydrogen) atoms. The van der Waals surface area contributed by atoms with Crippen molar-refractivity contribution in [2.75, 3.05) is 13.1 Å². The van der Waals surface area contributed by atoms with E-state index in [-0.39, 0.29) is 24.8 Å². The Morgan fingerprint density at radius 3 is 1.85 bits per heavy atom. The molecule has 1 saturated carbocycles. The molecule has 1 aliphatic heterocycles. The molecule has 1 aliphatic carbocycles. The molecule has 80 valence electrons. The topological polar surface area (TPSA) is 15.3 Å². The minimum absolute atomic E-state index is 0. The Labute approximate surface area is 93.3 Å². The molecule has 0 aromatic rings. The summed E-state index contributed by atoms with van der Waals surface area (Å²) in [5.41, 5.74) is 0. The van der Waals surface area contributed by atoms with Crippen molar-refractivity contribution in [3.05, 3.63) is 0 Å². The van der Waals surface area contributed by atoms with E-state index >= 15 is 0 Å². The summed E-state index contributed by atoms with van der Waals surface area (Å²) in [7, 11) is 0. The molecule has 0 bridgehead atoms. The van der Waals surface area contributed by atoms with Crippen LogP contribution in [0.5, 0.6) is 0 Å². The van der Waals surface area contributed by atoms with Gasteiger partial charge in [-0.1, -0.05) is 0 Å². The third-order valence-electron chi connectivity index (χ3n) is 2.87. The van der Waals surface area contributed by atoms with E-state index in [1.165, 1.54) is 25.9 Å². The fourth-order valence-electron chi connectivity index (χ4n) is 2.24. The Kier molecular flexibility index (Phi) is 5.61. The highest BCUT2D eigenvalue weighted by Crippen LogP contribution is 2.31. The molecule has 2 unspecified atom stereocenters. The van der Waals surface area contributed by atoms with Crippen molar-refractivity contribution in [2.24, 2.45) is 0 Å². The van der Waals surface area contributed by atoms with Gasteiger partial charge in [0.25, 0.3) is 0 Å². The van der Waals surface area contributed by atoms with Gasteiger partial charge >= 0.3 is 0 Å². The second-order valence-corrected chi connectivity index (χ2v) is 4.03. The molecule has 1 heterocycles. The quantitative estimate of drug-likeness (QED) is 0.733. The molecule has 0 aromatic heterocycles. The molecule has 0 aromatic carbocycles. The highest BCUT2D eigenvalue weighted by molar-refractivity contribution is 5.85. The summed E-state index contributed by atoms with van der Waals surface area (Å²) in [4.78, 5) is 2.69. The molecule has 4 heteroatoms.